The highest BCUT2D eigenvalue weighted by Gasteiger charge is 2.20. The van der Waals surface area contributed by atoms with Crippen LogP contribution in [0.2, 0.25) is 0 Å². The van der Waals surface area contributed by atoms with Gasteiger partial charge in [0.2, 0.25) is 0 Å². The molecule has 1 fully saturated rings. The SMILES string of the molecule is O=c1c2cc(O)ccc2[nH]c2c([N+](=O)[O-])ccc(Nc3ccc(N4CCOCC4)cc3)c12. The second-order valence-corrected chi connectivity index (χ2v) is 7.59. The van der Waals surface area contributed by atoms with Gasteiger partial charge in [-0.05, 0) is 48.5 Å². The van der Waals surface area contributed by atoms with Gasteiger partial charge in [-0.3, -0.25) is 14.9 Å². The van der Waals surface area contributed by atoms with Crippen LogP contribution in [0, 0.1) is 10.1 Å². The van der Waals surface area contributed by atoms with Gasteiger partial charge in [0.25, 0.3) is 5.69 Å². The Balaban J connectivity index is 1.60. The molecule has 1 aliphatic heterocycles. The van der Waals surface area contributed by atoms with E-state index in [0.717, 1.165) is 24.5 Å². The lowest BCUT2D eigenvalue weighted by Crippen LogP contribution is -2.36. The fourth-order valence-corrected chi connectivity index (χ4v) is 4.04. The molecule has 0 spiro atoms. The third-order valence-electron chi connectivity index (χ3n) is 5.64. The van der Waals surface area contributed by atoms with Gasteiger partial charge in [0.05, 0.1) is 34.7 Å². The van der Waals surface area contributed by atoms with Gasteiger partial charge in [0, 0.05) is 35.9 Å². The Labute approximate surface area is 182 Å². The Morgan fingerprint density at radius 1 is 1.06 bits per heavy atom. The Kier molecular flexibility index (Phi) is 4.87. The van der Waals surface area contributed by atoms with Crippen molar-refractivity contribution in [3.8, 4) is 5.75 Å². The van der Waals surface area contributed by atoms with Crippen LogP contribution in [0.4, 0.5) is 22.7 Å². The molecule has 1 saturated heterocycles. The number of ether oxygens (including phenoxy) is 1. The summed E-state index contributed by atoms with van der Waals surface area (Å²) in [6.45, 7) is 3.05. The molecule has 0 bridgehead atoms. The number of morpholine rings is 1. The monoisotopic (exact) mass is 432 g/mol. The normalized spacial score (nSPS) is 14.1. The Bertz CT molecular complexity index is 1390. The number of aromatic amines is 1. The van der Waals surface area contributed by atoms with Crippen LogP contribution in [-0.2, 0) is 4.74 Å². The van der Waals surface area contributed by atoms with Gasteiger partial charge in [0.1, 0.15) is 11.3 Å². The smallest absolute Gasteiger partial charge is 0.293 e. The first-order valence-electron chi connectivity index (χ1n) is 10.2. The van der Waals surface area contributed by atoms with Crippen molar-refractivity contribution in [1.82, 2.24) is 4.98 Å². The number of hydrogen-bond acceptors (Lipinski definition) is 7. The van der Waals surface area contributed by atoms with Crippen LogP contribution < -0.4 is 15.6 Å². The van der Waals surface area contributed by atoms with Crippen molar-refractivity contribution in [3.63, 3.8) is 0 Å². The van der Waals surface area contributed by atoms with E-state index in [4.69, 9.17) is 4.74 Å². The van der Waals surface area contributed by atoms with Crippen molar-refractivity contribution < 1.29 is 14.8 Å². The molecule has 9 nitrogen and oxygen atoms in total. The molecule has 1 aromatic heterocycles. The highest BCUT2D eigenvalue weighted by atomic mass is 16.6. The Hall–Kier alpha value is -4.11. The zero-order chi connectivity index (χ0) is 22.2. The zero-order valence-corrected chi connectivity index (χ0v) is 17.0. The number of H-pyrrole nitrogens is 1. The molecule has 3 N–H and O–H groups in total. The molecule has 32 heavy (non-hydrogen) atoms. The van der Waals surface area contributed by atoms with Crippen LogP contribution in [0.15, 0.2) is 59.4 Å². The molecule has 1 aliphatic rings. The van der Waals surface area contributed by atoms with E-state index in [1.807, 2.05) is 24.3 Å². The van der Waals surface area contributed by atoms with Gasteiger partial charge in [-0.2, -0.15) is 0 Å². The summed E-state index contributed by atoms with van der Waals surface area (Å²) in [6, 6.07) is 15.0. The number of nitrogens with one attached hydrogen (secondary N) is 2. The summed E-state index contributed by atoms with van der Waals surface area (Å²) >= 11 is 0. The van der Waals surface area contributed by atoms with Crippen molar-refractivity contribution in [2.75, 3.05) is 36.5 Å². The number of rotatable bonds is 4. The summed E-state index contributed by atoms with van der Waals surface area (Å²) in [5, 5.41) is 25.0. The fraction of sp³-hybridized carbons (Fsp3) is 0.174. The molecule has 0 unspecified atom stereocenters. The second kappa shape index (κ2) is 7.86. The topological polar surface area (TPSA) is 121 Å². The lowest BCUT2D eigenvalue weighted by molar-refractivity contribution is -0.383. The van der Waals surface area contributed by atoms with E-state index in [9.17, 15) is 20.0 Å². The van der Waals surface area contributed by atoms with E-state index in [0.29, 0.717) is 24.4 Å². The third-order valence-corrected chi connectivity index (χ3v) is 5.64. The van der Waals surface area contributed by atoms with Crippen LogP contribution >= 0.6 is 0 Å². The van der Waals surface area contributed by atoms with E-state index in [-0.39, 0.29) is 27.7 Å². The number of nitrogens with zero attached hydrogens (tertiary/aromatic N) is 2. The van der Waals surface area contributed by atoms with Gasteiger partial charge >= 0.3 is 0 Å². The van der Waals surface area contributed by atoms with Crippen LogP contribution in [0.25, 0.3) is 21.8 Å². The van der Waals surface area contributed by atoms with Crippen molar-refractivity contribution in [2.24, 2.45) is 0 Å². The molecule has 0 radical (unpaired) electrons. The maximum absolute atomic E-state index is 13.3. The summed E-state index contributed by atoms with van der Waals surface area (Å²) in [6.07, 6.45) is 0. The Morgan fingerprint density at radius 3 is 2.53 bits per heavy atom. The van der Waals surface area contributed by atoms with Crippen LogP contribution in [-0.4, -0.2) is 41.3 Å². The molecule has 3 aromatic carbocycles. The molecule has 0 amide bonds. The minimum absolute atomic E-state index is 0.0546. The first-order valence-corrected chi connectivity index (χ1v) is 10.2. The van der Waals surface area contributed by atoms with Crippen molar-refractivity contribution in [2.45, 2.75) is 0 Å². The van der Waals surface area contributed by atoms with E-state index in [1.165, 1.54) is 30.3 Å². The molecule has 0 aliphatic carbocycles. The molecular weight excluding hydrogens is 412 g/mol. The predicted molar refractivity (Wildman–Crippen MR) is 123 cm³/mol. The minimum atomic E-state index is -0.522. The van der Waals surface area contributed by atoms with Gasteiger partial charge in [-0.25, -0.2) is 0 Å². The molecule has 0 atom stereocenters. The molecule has 4 aromatic rings. The summed E-state index contributed by atoms with van der Waals surface area (Å²) in [5.41, 5.74) is 2.21. The third kappa shape index (κ3) is 3.48. The first kappa shape index (κ1) is 19.8. The fourth-order valence-electron chi connectivity index (χ4n) is 4.04. The van der Waals surface area contributed by atoms with Crippen molar-refractivity contribution in [1.29, 1.82) is 0 Å². The highest BCUT2D eigenvalue weighted by molar-refractivity contribution is 6.04. The van der Waals surface area contributed by atoms with Gasteiger partial charge < -0.3 is 25.0 Å². The first-order chi connectivity index (χ1) is 15.5. The van der Waals surface area contributed by atoms with E-state index >= 15 is 0 Å². The average Bonchev–Trinajstić information content (AvgIpc) is 2.80. The summed E-state index contributed by atoms with van der Waals surface area (Å²) in [7, 11) is 0. The number of nitro groups is 1. The van der Waals surface area contributed by atoms with Crippen LogP contribution in [0.5, 0.6) is 5.75 Å². The van der Waals surface area contributed by atoms with Crippen molar-refractivity contribution >= 4 is 44.6 Å². The van der Waals surface area contributed by atoms with Crippen LogP contribution in [0.1, 0.15) is 0 Å². The second-order valence-electron chi connectivity index (χ2n) is 7.59. The molecule has 5 rings (SSSR count). The molecular formula is C23H20N4O5. The van der Waals surface area contributed by atoms with Crippen LogP contribution in [0.3, 0.4) is 0 Å². The van der Waals surface area contributed by atoms with Gasteiger partial charge in [-0.15, -0.1) is 0 Å². The summed E-state index contributed by atoms with van der Waals surface area (Å²) in [5.74, 6) is -0.0546. The summed E-state index contributed by atoms with van der Waals surface area (Å²) in [4.78, 5) is 29.6. The number of nitro benzene ring substituents is 1. The van der Waals surface area contributed by atoms with E-state index in [1.54, 1.807) is 0 Å². The number of hydrogen-bond donors (Lipinski definition) is 3. The largest absolute Gasteiger partial charge is 0.508 e. The standard InChI is InChI=1S/C23H20N4O5/c28-16-5-6-18-17(13-16)23(29)21-19(7-8-20(27(30)31)22(21)25-18)24-14-1-3-15(4-2-14)26-9-11-32-12-10-26/h1-8,13,24,28H,9-12H2,(H,25,29). The van der Waals surface area contributed by atoms with E-state index in [2.05, 4.69) is 15.2 Å². The quantitative estimate of drug-likeness (QED) is 0.254. The number of anilines is 3. The number of aromatic hydroxyl groups is 1. The lowest BCUT2D eigenvalue weighted by atomic mass is 10.1. The number of phenolic OH excluding ortho intramolecular Hbond substituents is 1. The number of fused-ring (bicyclic) bond motifs is 2. The molecule has 2 heterocycles. The number of non-ortho nitro benzene ring substituents is 1. The predicted octanol–water partition coefficient (Wildman–Crippen LogP) is 3.88. The van der Waals surface area contributed by atoms with Gasteiger partial charge in [-0.1, -0.05) is 0 Å². The Morgan fingerprint density at radius 2 is 1.81 bits per heavy atom. The van der Waals surface area contributed by atoms with Gasteiger partial charge in [0.15, 0.2) is 5.43 Å². The maximum Gasteiger partial charge on any atom is 0.293 e. The number of pyridine rings is 1. The number of benzene rings is 3. The maximum atomic E-state index is 13.3. The van der Waals surface area contributed by atoms with Crippen molar-refractivity contribution in [3.05, 3.63) is 74.9 Å². The molecule has 9 heteroatoms. The molecule has 0 saturated carbocycles. The average molecular weight is 432 g/mol. The summed E-state index contributed by atoms with van der Waals surface area (Å²) < 4.78 is 5.39. The molecule has 162 valence electrons. The lowest BCUT2D eigenvalue weighted by Gasteiger charge is -2.29. The zero-order valence-electron chi connectivity index (χ0n) is 17.0. The number of aromatic nitrogens is 1. The minimum Gasteiger partial charge on any atom is -0.508 e. The van der Waals surface area contributed by atoms with E-state index < -0.39 is 10.4 Å². The number of phenols is 1. The highest BCUT2D eigenvalue weighted by Crippen LogP contribution is 2.32.